The normalized spacial score (nSPS) is 23.5. The maximum atomic E-state index is 13.8. The van der Waals surface area contributed by atoms with Crippen LogP contribution in [0.4, 0.5) is 4.39 Å². The molecule has 1 unspecified atom stereocenters. The molecule has 2 rings (SSSR count). The zero-order chi connectivity index (χ0) is 13.0. The van der Waals surface area contributed by atoms with Gasteiger partial charge in [-0.15, -0.1) is 0 Å². The van der Waals surface area contributed by atoms with E-state index in [1.165, 1.54) is 6.07 Å². The van der Waals surface area contributed by atoms with E-state index in [0.29, 0.717) is 16.5 Å². The van der Waals surface area contributed by atoms with E-state index in [4.69, 9.17) is 17.3 Å². The molecule has 0 bridgehead atoms. The molecule has 0 saturated heterocycles. The van der Waals surface area contributed by atoms with Crippen LogP contribution in [0.3, 0.4) is 0 Å². The molecule has 1 aliphatic rings. The Morgan fingerprint density at radius 2 is 1.76 bits per heavy atom. The van der Waals surface area contributed by atoms with Crippen LogP contribution in [0.5, 0.6) is 0 Å². The molecular formula is C14H19ClFN. The molecule has 1 fully saturated rings. The molecule has 1 atom stereocenters. The van der Waals surface area contributed by atoms with Crippen LogP contribution in [0.15, 0.2) is 18.2 Å². The van der Waals surface area contributed by atoms with Crippen LogP contribution in [0.2, 0.25) is 5.02 Å². The van der Waals surface area contributed by atoms with Crippen molar-refractivity contribution in [2.75, 3.05) is 0 Å². The second kappa shape index (κ2) is 3.69. The van der Waals surface area contributed by atoms with Crippen LogP contribution < -0.4 is 5.73 Å². The number of rotatable bonds is 2. The van der Waals surface area contributed by atoms with Gasteiger partial charge in [0.25, 0.3) is 0 Å². The summed E-state index contributed by atoms with van der Waals surface area (Å²) in [6.45, 7) is 8.74. The molecule has 1 aromatic rings. The van der Waals surface area contributed by atoms with Gasteiger partial charge >= 0.3 is 0 Å². The molecule has 3 heteroatoms. The molecule has 1 aliphatic carbocycles. The molecule has 0 radical (unpaired) electrons. The van der Waals surface area contributed by atoms with E-state index in [2.05, 4.69) is 27.7 Å². The Morgan fingerprint density at radius 3 is 2.18 bits per heavy atom. The molecule has 1 aromatic carbocycles. The summed E-state index contributed by atoms with van der Waals surface area (Å²) in [5.41, 5.74) is 7.09. The highest BCUT2D eigenvalue weighted by Crippen LogP contribution is 2.71. The minimum absolute atomic E-state index is 0.151. The number of hydrogen-bond acceptors (Lipinski definition) is 1. The molecule has 1 saturated carbocycles. The lowest BCUT2D eigenvalue weighted by molar-refractivity contribution is 0.457. The molecular weight excluding hydrogens is 237 g/mol. The number of hydrogen-bond donors (Lipinski definition) is 1. The SMILES string of the molecule is CC1(C)C(C(N)c2ccc(Cl)cc2F)C1(C)C. The summed E-state index contributed by atoms with van der Waals surface area (Å²) in [6.07, 6.45) is 0. The molecule has 1 nitrogen and oxygen atoms in total. The monoisotopic (exact) mass is 255 g/mol. The lowest BCUT2D eigenvalue weighted by Gasteiger charge is -2.15. The van der Waals surface area contributed by atoms with Crippen LogP contribution in [0, 0.1) is 22.6 Å². The fourth-order valence-electron chi connectivity index (χ4n) is 3.10. The Labute approximate surface area is 107 Å². The summed E-state index contributed by atoms with van der Waals surface area (Å²) < 4.78 is 13.8. The summed E-state index contributed by atoms with van der Waals surface area (Å²) in [7, 11) is 0. The fraction of sp³-hybridized carbons (Fsp3) is 0.571. The van der Waals surface area contributed by atoms with Gasteiger partial charge in [0.15, 0.2) is 0 Å². The first kappa shape index (κ1) is 12.8. The topological polar surface area (TPSA) is 26.0 Å². The van der Waals surface area contributed by atoms with Crippen LogP contribution in [0.1, 0.15) is 39.3 Å². The highest BCUT2D eigenvalue weighted by Gasteiger charge is 2.66. The molecule has 0 aromatic heterocycles. The van der Waals surface area contributed by atoms with Crippen LogP contribution >= 0.6 is 11.6 Å². The molecule has 2 N–H and O–H groups in total. The predicted molar refractivity (Wildman–Crippen MR) is 69.4 cm³/mol. The first-order chi connectivity index (χ1) is 7.69. The van der Waals surface area contributed by atoms with Gasteiger partial charge in [-0.3, -0.25) is 0 Å². The molecule has 94 valence electrons. The summed E-state index contributed by atoms with van der Waals surface area (Å²) in [5.74, 6) is -0.00539. The zero-order valence-corrected chi connectivity index (χ0v) is 11.5. The van der Waals surface area contributed by atoms with E-state index in [-0.39, 0.29) is 22.7 Å². The van der Waals surface area contributed by atoms with Crippen molar-refractivity contribution in [1.82, 2.24) is 0 Å². The van der Waals surface area contributed by atoms with Crippen molar-refractivity contribution in [2.24, 2.45) is 22.5 Å². The van der Waals surface area contributed by atoms with Crippen LogP contribution in [-0.4, -0.2) is 0 Å². The Hall–Kier alpha value is -0.600. The standard InChI is InChI=1S/C14H19ClFN/c1-13(2)12(14(13,3)4)11(17)9-6-5-8(15)7-10(9)16/h5-7,11-12H,17H2,1-4H3. The average molecular weight is 256 g/mol. The van der Waals surface area contributed by atoms with Gasteiger partial charge in [0.2, 0.25) is 0 Å². The summed E-state index contributed by atoms with van der Waals surface area (Å²) >= 11 is 5.75. The third-order valence-corrected chi connectivity index (χ3v) is 5.05. The molecule has 0 aliphatic heterocycles. The molecule has 17 heavy (non-hydrogen) atoms. The van der Waals surface area contributed by atoms with Gasteiger partial charge in [0.1, 0.15) is 5.82 Å². The number of benzene rings is 1. The average Bonchev–Trinajstić information content (AvgIpc) is 2.56. The second-order valence-electron chi connectivity index (χ2n) is 6.11. The highest BCUT2D eigenvalue weighted by atomic mass is 35.5. The molecule has 0 heterocycles. The Bertz CT molecular complexity index is 440. The number of nitrogens with two attached hydrogens (primary N) is 1. The van der Waals surface area contributed by atoms with Gasteiger partial charge in [0.05, 0.1) is 0 Å². The van der Waals surface area contributed by atoms with Crippen LogP contribution in [0.25, 0.3) is 0 Å². The summed E-state index contributed by atoms with van der Waals surface area (Å²) in [5, 5.41) is 0.410. The van der Waals surface area contributed by atoms with Crippen LogP contribution in [-0.2, 0) is 0 Å². The first-order valence-corrected chi connectivity index (χ1v) is 6.28. The van der Waals surface area contributed by atoms with Crippen molar-refractivity contribution in [3.05, 3.63) is 34.6 Å². The fourth-order valence-corrected chi connectivity index (χ4v) is 3.26. The zero-order valence-electron chi connectivity index (χ0n) is 10.7. The van der Waals surface area contributed by atoms with Gasteiger partial charge in [-0.25, -0.2) is 4.39 Å². The van der Waals surface area contributed by atoms with E-state index in [0.717, 1.165) is 0 Å². The quantitative estimate of drug-likeness (QED) is 0.844. The van der Waals surface area contributed by atoms with E-state index < -0.39 is 0 Å². The Kier molecular flexibility index (Phi) is 2.79. The van der Waals surface area contributed by atoms with E-state index in [9.17, 15) is 4.39 Å². The predicted octanol–water partition coefficient (Wildman–Crippen LogP) is 4.16. The first-order valence-electron chi connectivity index (χ1n) is 5.90. The number of halogens is 2. The lowest BCUT2D eigenvalue weighted by atomic mass is 9.97. The van der Waals surface area contributed by atoms with E-state index in [1.807, 2.05) is 0 Å². The molecule has 0 amide bonds. The Balaban J connectivity index is 2.31. The minimum atomic E-state index is -0.302. The summed E-state index contributed by atoms with van der Waals surface area (Å²) in [6, 6.07) is 4.46. The van der Waals surface area contributed by atoms with E-state index >= 15 is 0 Å². The van der Waals surface area contributed by atoms with Gasteiger partial charge in [-0.1, -0.05) is 45.4 Å². The lowest BCUT2D eigenvalue weighted by Crippen LogP contribution is -2.18. The largest absolute Gasteiger partial charge is 0.324 e. The van der Waals surface area contributed by atoms with E-state index in [1.54, 1.807) is 12.1 Å². The van der Waals surface area contributed by atoms with Gasteiger partial charge in [-0.05, 0) is 28.9 Å². The maximum absolute atomic E-state index is 13.8. The van der Waals surface area contributed by atoms with Gasteiger partial charge in [0, 0.05) is 16.6 Å². The maximum Gasteiger partial charge on any atom is 0.129 e. The minimum Gasteiger partial charge on any atom is -0.324 e. The van der Waals surface area contributed by atoms with Crippen molar-refractivity contribution in [2.45, 2.75) is 33.7 Å². The smallest absolute Gasteiger partial charge is 0.129 e. The van der Waals surface area contributed by atoms with Crippen molar-refractivity contribution >= 4 is 11.6 Å². The Morgan fingerprint density at radius 1 is 1.24 bits per heavy atom. The van der Waals surface area contributed by atoms with Gasteiger partial charge < -0.3 is 5.73 Å². The third-order valence-electron chi connectivity index (χ3n) is 4.81. The highest BCUT2D eigenvalue weighted by molar-refractivity contribution is 6.30. The second-order valence-corrected chi connectivity index (χ2v) is 6.55. The summed E-state index contributed by atoms with van der Waals surface area (Å²) in [4.78, 5) is 0. The van der Waals surface area contributed by atoms with Crippen molar-refractivity contribution in [1.29, 1.82) is 0 Å². The molecule has 0 spiro atoms. The van der Waals surface area contributed by atoms with Crippen molar-refractivity contribution in [3.63, 3.8) is 0 Å². The van der Waals surface area contributed by atoms with Gasteiger partial charge in [-0.2, -0.15) is 0 Å². The third kappa shape index (κ3) is 1.78. The van der Waals surface area contributed by atoms with Crippen molar-refractivity contribution < 1.29 is 4.39 Å². The van der Waals surface area contributed by atoms with Crippen molar-refractivity contribution in [3.8, 4) is 0 Å².